The summed E-state index contributed by atoms with van der Waals surface area (Å²) in [6.45, 7) is 2.82. The van der Waals surface area contributed by atoms with Gasteiger partial charge in [-0.25, -0.2) is 0 Å². The first-order chi connectivity index (χ1) is 8.63. The second-order valence-corrected chi connectivity index (χ2v) is 5.41. The summed E-state index contributed by atoms with van der Waals surface area (Å²) in [6.07, 6.45) is 3.76. The quantitative estimate of drug-likeness (QED) is 0.851. The van der Waals surface area contributed by atoms with Gasteiger partial charge in [-0.2, -0.15) is 0 Å². The van der Waals surface area contributed by atoms with E-state index >= 15 is 0 Å². The summed E-state index contributed by atoms with van der Waals surface area (Å²) in [4.78, 5) is 11.8. The molecule has 0 heterocycles. The average molecular weight is 246 g/mol. The molecule has 0 spiro atoms. The molecule has 3 heteroatoms. The number of rotatable bonds is 4. The van der Waals surface area contributed by atoms with Crippen molar-refractivity contribution in [2.45, 2.75) is 38.6 Å². The Morgan fingerprint density at radius 2 is 2.28 bits per heavy atom. The Hall–Kier alpha value is -1.35. The molecule has 1 aromatic rings. The Kier molecular flexibility index (Phi) is 4.37. The van der Waals surface area contributed by atoms with Gasteiger partial charge in [-0.3, -0.25) is 4.79 Å². The maximum atomic E-state index is 11.8. The van der Waals surface area contributed by atoms with Crippen LogP contribution in [0.15, 0.2) is 24.3 Å². The van der Waals surface area contributed by atoms with Crippen LogP contribution in [0.3, 0.4) is 0 Å². The monoisotopic (exact) mass is 246 g/mol. The van der Waals surface area contributed by atoms with Crippen LogP contribution in [0.1, 0.15) is 30.4 Å². The van der Waals surface area contributed by atoms with E-state index in [2.05, 4.69) is 11.4 Å². The minimum Gasteiger partial charge on any atom is -0.356 e. The molecule has 1 amide bonds. The van der Waals surface area contributed by atoms with Crippen molar-refractivity contribution >= 4 is 5.91 Å². The first-order valence-corrected chi connectivity index (χ1v) is 6.71. The normalized spacial score (nSPS) is 23.0. The summed E-state index contributed by atoms with van der Waals surface area (Å²) >= 11 is 0. The lowest BCUT2D eigenvalue weighted by Crippen LogP contribution is -2.30. The van der Waals surface area contributed by atoms with Gasteiger partial charge in [0.25, 0.3) is 0 Å². The van der Waals surface area contributed by atoms with E-state index in [9.17, 15) is 4.79 Å². The fraction of sp³-hybridized carbons (Fsp3) is 0.533. The highest BCUT2D eigenvalue weighted by atomic mass is 16.1. The van der Waals surface area contributed by atoms with E-state index in [4.69, 9.17) is 5.73 Å². The minimum atomic E-state index is 0.112. The molecular formula is C15H22N2O. The Bertz CT molecular complexity index is 417. The van der Waals surface area contributed by atoms with E-state index in [0.717, 1.165) is 31.4 Å². The number of carbonyl (C=O) groups excluding carboxylic acids is 1. The van der Waals surface area contributed by atoms with Crippen molar-refractivity contribution in [2.24, 2.45) is 11.7 Å². The SMILES string of the molecule is Cc1cccc(CC(=O)NCC2CCC(N)C2)c1. The fourth-order valence-electron chi connectivity index (χ4n) is 2.63. The minimum absolute atomic E-state index is 0.112. The first-order valence-electron chi connectivity index (χ1n) is 6.71. The van der Waals surface area contributed by atoms with E-state index in [0.29, 0.717) is 18.4 Å². The maximum absolute atomic E-state index is 11.8. The van der Waals surface area contributed by atoms with Crippen LogP contribution in [0, 0.1) is 12.8 Å². The van der Waals surface area contributed by atoms with Crippen molar-refractivity contribution in [2.75, 3.05) is 6.54 Å². The van der Waals surface area contributed by atoms with Crippen molar-refractivity contribution in [1.29, 1.82) is 0 Å². The Morgan fingerprint density at radius 1 is 1.44 bits per heavy atom. The Balaban J connectivity index is 1.75. The standard InChI is InChI=1S/C15H22N2O/c1-11-3-2-4-12(7-11)9-15(18)17-10-13-5-6-14(16)8-13/h2-4,7,13-14H,5-6,8-10,16H2,1H3,(H,17,18). The van der Waals surface area contributed by atoms with Gasteiger partial charge >= 0.3 is 0 Å². The van der Waals surface area contributed by atoms with Crippen LogP contribution in [0.25, 0.3) is 0 Å². The number of benzene rings is 1. The number of hydrogen-bond acceptors (Lipinski definition) is 2. The third-order valence-electron chi connectivity index (χ3n) is 3.62. The molecule has 3 nitrogen and oxygen atoms in total. The molecular weight excluding hydrogens is 224 g/mol. The van der Waals surface area contributed by atoms with Gasteiger partial charge in [-0.1, -0.05) is 29.8 Å². The van der Waals surface area contributed by atoms with Gasteiger partial charge in [0, 0.05) is 12.6 Å². The lowest BCUT2D eigenvalue weighted by Gasteiger charge is -2.11. The van der Waals surface area contributed by atoms with Crippen LogP contribution in [-0.4, -0.2) is 18.5 Å². The summed E-state index contributed by atoms with van der Waals surface area (Å²) in [5.74, 6) is 0.683. The van der Waals surface area contributed by atoms with Crippen molar-refractivity contribution in [3.05, 3.63) is 35.4 Å². The molecule has 1 saturated carbocycles. The predicted molar refractivity (Wildman–Crippen MR) is 73.2 cm³/mol. The Labute approximate surface area is 109 Å². The van der Waals surface area contributed by atoms with E-state index in [-0.39, 0.29) is 5.91 Å². The highest BCUT2D eigenvalue weighted by Gasteiger charge is 2.21. The molecule has 1 aliphatic carbocycles. The van der Waals surface area contributed by atoms with E-state index in [1.807, 2.05) is 25.1 Å². The zero-order valence-corrected chi connectivity index (χ0v) is 11.0. The molecule has 1 aliphatic rings. The second-order valence-electron chi connectivity index (χ2n) is 5.41. The second kappa shape index (κ2) is 6.01. The van der Waals surface area contributed by atoms with Crippen LogP contribution in [0.4, 0.5) is 0 Å². The van der Waals surface area contributed by atoms with Crippen LogP contribution < -0.4 is 11.1 Å². The molecule has 2 rings (SSSR count). The van der Waals surface area contributed by atoms with Gasteiger partial charge in [0.2, 0.25) is 5.91 Å². The predicted octanol–water partition coefficient (Wildman–Crippen LogP) is 1.78. The van der Waals surface area contributed by atoms with Gasteiger partial charge in [-0.15, -0.1) is 0 Å². The summed E-state index contributed by atoms with van der Waals surface area (Å²) in [5, 5.41) is 3.02. The molecule has 2 atom stereocenters. The number of nitrogens with one attached hydrogen (secondary N) is 1. The first kappa shape index (κ1) is 13.1. The van der Waals surface area contributed by atoms with Gasteiger partial charge in [0.1, 0.15) is 0 Å². The molecule has 0 bridgehead atoms. The van der Waals surface area contributed by atoms with Gasteiger partial charge < -0.3 is 11.1 Å². The topological polar surface area (TPSA) is 55.1 Å². The van der Waals surface area contributed by atoms with Gasteiger partial charge in [0.05, 0.1) is 6.42 Å². The van der Waals surface area contributed by atoms with Crippen LogP contribution in [-0.2, 0) is 11.2 Å². The third-order valence-corrected chi connectivity index (χ3v) is 3.62. The van der Waals surface area contributed by atoms with Crippen LogP contribution in [0.5, 0.6) is 0 Å². The zero-order chi connectivity index (χ0) is 13.0. The maximum Gasteiger partial charge on any atom is 0.224 e. The molecule has 98 valence electrons. The summed E-state index contributed by atoms with van der Waals surface area (Å²) in [5.41, 5.74) is 8.13. The molecule has 0 aromatic heterocycles. The molecule has 1 fully saturated rings. The number of nitrogens with two attached hydrogens (primary N) is 1. The number of carbonyl (C=O) groups is 1. The molecule has 18 heavy (non-hydrogen) atoms. The average Bonchev–Trinajstić information content (AvgIpc) is 2.73. The molecule has 0 saturated heterocycles. The van der Waals surface area contributed by atoms with E-state index in [1.165, 1.54) is 5.56 Å². The summed E-state index contributed by atoms with van der Waals surface area (Å²) in [7, 11) is 0. The van der Waals surface area contributed by atoms with Gasteiger partial charge in [0.15, 0.2) is 0 Å². The largest absolute Gasteiger partial charge is 0.356 e. The summed E-state index contributed by atoms with van der Waals surface area (Å²) < 4.78 is 0. The molecule has 2 unspecified atom stereocenters. The molecule has 0 aliphatic heterocycles. The van der Waals surface area contributed by atoms with E-state index < -0.39 is 0 Å². The zero-order valence-electron chi connectivity index (χ0n) is 11.0. The van der Waals surface area contributed by atoms with E-state index in [1.54, 1.807) is 0 Å². The van der Waals surface area contributed by atoms with Crippen molar-refractivity contribution < 1.29 is 4.79 Å². The summed E-state index contributed by atoms with van der Waals surface area (Å²) in [6, 6.07) is 8.43. The smallest absolute Gasteiger partial charge is 0.224 e. The number of aryl methyl sites for hydroxylation is 1. The number of hydrogen-bond donors (Lipinski definition) is 2. The highest BCUT2D eigenvalue weighted by molar-refractivity contribution is 5.78. The molecule has 1 aromatic carbocycles. The fourth-order valence-corrected chi connectivity index (χ4v) is 2.63. The highest BCUT2D eigenvalue weighted by Crippen LogP contribution is 2.23. The Morgan fingerprint density at radius 3 is 2.94 bits per heavy atom. The van der Waals surface area contributed by atoms with Crippen molar-refractivity contribution in [1.82, 2.24) is 5.32 Å². The number of amides is 1. The third kappa shape index (κ3) is 3.84. The van der Waals surface area contributed by atoms with Crippen molar-refractivity contribution in [3.8, 4) is 0 Å². The molecule has 0 radical (unpaired) electrons. The van der Waals surface area contributed by atoms with Crippen LogP contribution in [0.2, 0.25) is 0 Å². The lowest BCUT2D eigenvalue weighted by atomic mass is 10.1. The van der Waals surface area contributed by atoms with Gasteiger partial charge in [-0.05, 0) is 37.7 Å². The van der Waals surface area contributed by atoms with Crippen molar-refractivity contribution in [3.63, 3.8) is 0 Å². The van der Waals surface area contributed by atoms with Crippen LogP contribution >= 0.6 is 0 Å². The lowest BCUT2D eigenvalue weighted by molar-refractivity contribution is -0.120. The molecule has 3 N–H and O–H groups in total.